The maximum absolute atomic E-state index is 14.0. The smallest absolute Gasteiger partial charge is 0.274 e. The minimum atomic E-state index is -0.0571. The fourth-order valence-corrected chi connectivity index (χ4v) is 8.53. The lowest BCUT2D eigenvalue weighted by Gasteiger charge is -2.36. The second-order valence-electron chi connectivity index (χ2n) is 12.5. The third-order valence-corrected chi connectivity index (χ3v) is 10.7. The van der Waals surface area contributed by atoms with Crippen molar-refractivity contribution >= 4 is 52.7 Å². The molecular weight excluding hydrogens is 602 g/mol. The molecule has 2 aliphatic heterocycles. The fraction of sp³-hybridized carbons (Fsp3) is 0.378. The summed E-state index contributed by atoms with van der Waals surface area (Å²) in [5.41, 5.74) is 12.3. The van der Waals surface area contributed by atoms with Gasteiger partial charge in [0.05, 0.1) is 5.69 Å². The number of aryl methyl sites for hydroxylation is 1. The fourth-order valence-electron chi connectivity index (χ4n) is 7.42. The average Bonchev–Trinajstić information content (AvgIpc) is 3.76. The number of unbranched alkanes of at least 4 members (excludes halogenated alkanes) is 1. The topological polar surface area (TPSA) is 88.9 Å². The van der Waals surface area contributed by atoms with Crippen LogP contribution in [-0.2, 0) is 12.8 Å². The Bertz CT molecular complexity index is 1750. The molecule has 0 saturated carbocycles. The molecule has 5 aliphatic rings. The molecule has 2 unspecified atom stereocenters. The van der Waals surface area contributed by atoms with Crippen LogP contribution in [0, 0.1) is 0 Å². The number of fused-ring (bicyclic) bond motifs is 3. The quantitative estimate of drug-likeness (QED) is 0.243. The number of halogens is 1. The molecule has 8 heteroatoms. The molecule has 8 rings (SSSR count). The Morgan fingerprint density at radius 3 is 2.87 bits per heavy atom. The molecule has 1 amide bonds. The zero-order valence-electron chi connectivity index (χ0n) is 25.8. The summed E-state index contributed by atoms with van der Waals surface area (Å²) in [6.07, 6.45) is 21.4. The lowest BCUT2D eigenvalue weighted by Crippen LogP contribution is -2.40. The van der Waals surface area contributed by atoms with Crippen LogP contribution in [0.3, 0.4) is 0 Å². The molecule has 0 saturated heterocycles. The monoisotopic (exact) mass is 643 g/mol. The first-order valence-corrected chi connectivity index (χ1v) is 17.1. The number of hydrogen-bond donors (Lipinski definition) is 2. The summed E-state index contributed by atoms with van der Waals surface area (Å²) in [5.74, 6) is 2.04. The van der Waals surface area contributed by atoms with E-state index in [1.54, 1.807) is 11.1 Å². The molecule has 6 nitrogen and oxygen atoms in total. The second-order valence-corrected chi connectivity index (χ2v) is 13.7. The van der Waals surface area contributed by atoms with Crippen molar-refractivity contribution in [3.63, 3.8) is 0 Å². The molecule has 3 aliphatic carbocycles. The minimum absolute atomic E-state index is 0. The summed E-state index contributed by atoms with van der Waals surface area (Å²) in [5, 5.41) is 4.82. The molecule has 1 aromatic heterocycles. The van der Waals surface area contributed by atoms with Gasteiger partial charge in [0.1, 0.15) is 11.4 Å². The number of H-pyrrole nitrogens is 1. The van der Waals surface area contributed by atoms with Crippen molar-refractivity contribution in [3.8, 4) is 5.75 Å². The molecule has 3 heterocycles. The van der Waals surface area contributed by atoms with Crippen molar-refractivity contribution in [2.24, 2.45) is 0 Å². The van der Waals surface area contributed by atoms with Crippen LogP contribution in [0.5, 0.6) is 5.75 Å². The van der Waals surface area contributed by atoms with Gasteiger partial charge in [0.2, 0.25) is 0 Å². The number of anilines is 1. The number of aromatic amines is 1. The largest absolute Gasteiger partial charge is 0.466 e. The van der Waals surface area contributed by atoms with Crippen molar-refractivity contribution in [2.75, 3.05) is 17.2 Å². The maximum atomic E-state index is 14.0. The number of thioether (sulfide) groups is 1. The van der Waals surface area contributed by atoms with E-state index in [2.05, 4.69) is 71.9 Å². The van der Waals surface area contributed by atoms with E-state index in [1.165, 1.54) is 53.5 Å². The van der Waals surface area contributed by atoms with E-state index in [-0.39, 0.29) is 35.4 Å². The molecule has 0 fully saturated rings. The predicted molar refractivity (Wildman–Crippen MR) is 189 cm³/mol. The summed E-state index contributed by atoms with van der Waals surface area (Å²) in [6.45, 7) is 2.91. The van der Waals surface area contributed by atoms with Gasteiger partial charge in [0.25, 0.3) is 5.91 Å². The molecule has 0 radical (unpaired) electrons. The Hall–Kier alpha value is -3.23. The lowest BCUT2D eigenvalue weighted by molar-refractivity contribution is 0.0985. The van der Waals surface area contributed by atoms with Crippen LogP contribution in [0.2, 0.25) is 0 Å². The van der Waals surface area contributed by atoms with Crippen LogP contribution in [0.25, 0.3) is 17.0 Å². The summed E-state index contributed by atoms with van der Waals surface area (Å²) >= 11 is 1.84. The highest BCUT2D eigenvalue weighted by Crippen LogP contribution is 2.47. The van der Waals surface area contributed by atoms with E-state index in [1.807, 2.05) is 22.7 Å². The van der Waals surface area contributed by atoms with Crippen LogP contribution in [0.1, 0.15) is 90.7 Å². The van der Waals surface area contributed by atoms with E-state index in [0.717, 1.165) is 60.2 Å². The van der Waals surface area contributed by atoms with Gasteiger partial charge in [-0.1, -0.05) is 55.4 Å². The number of allylic oxidation sites excluding steroid dienone is 6. The van der Waals surface area contributed by atoms with Gasteiger partial charge in [-0.2, -0.15) is 0 Å². The van der Waals surface area contributed by atoms with E-state index >= 15 is 0 Å². The predicted octanol–water partition coefficient (Wildman–Crippen LogP) is 8.13. The van der Waals surface area contributed by atoms with Crippen LogP contribution in [-0.4, -0.2) is 34.2 Å². The first-order chi connectivity index (χ1) is 21.1. The molecule has 236 valence electrons. The number of rotatable bonds is 8. The van der Waals surface area contributed by atoms with Crippen LogP contribution in [0.15, 0.2) is 71.4 Å². The number of nitrogens with one attached hydrogen (secondary N) is 2. The number of benzene rings is 2. The number of ether oxygens (including phenoxy) is 1. The summed E-state index contributed by atoms with van der Waals surface area (Å²) in [4.78, 5) is 19.4. The van der Waals surface area contributed by atoms with E-state index in [4.69, 9.17) is 4.74 Å². The highest BCUT2D eigenvalue weighted by Gasteiger charge is 2.37. The van der Waals surface area contributed by atoms with Gasteiger partial charge in [0.15, 0.2) is 5.56 Å². The molecule has 2 atom stereocenters. The normalized spacial score (nSPS) is 20.6. The highest BCUT2D eigenvalue weighted by molar-refractivity contribution is 7.99. The number of hydrogen-bond acceptors (Lipinski definition) is 4. The third-order valence-electron chi connectivity index (χ3n) is 9.68. The molecule has 2 aromatic carbocycles. The highest BCUT2D eigenvalue weighted by atomic mass is 35.5. The van der Waals surface area contributed by atoms with Gasteiger partial charge >= 0.3 is 0 Å². The molecular formula is C37H42ClN3O3S. The summed E-state index contributed by atoms with van der Waals surface area (Å²) < 4.78 is 6.50. The molecule has 3 aromatic rings. The number of aromatic nitrogens is 1. The summed E-state index contributed by atoms with van der Waals surface area (Å²) in [6, 6.07) is 11.0. The molecule has 0 bridgehead atoms. The zero-order valence-corrected chi connectivity index (χ0v) is 27.4. The van der Waals surface area contributed by atoms with Crippen molar-refractivity contribution in [1.29, 1.82) is 0 Å². The maximum Gasteiger partial charge on any atom is 0.274 e. The van der Waals surface area contributed by atoms with Crippen molar-refractivity contribution in [3.05, 3.63) is 99.3 Å². The van der Waals surface area contributed by atoms with Gasteiger partial charge in [0, 0.05) is 35.1 Å². The minimum Gasteiger partial charge on any atom is -0.466 e. The first kappa shape index (κ1) is 31.7. The summed E-state index contributed by atoms with van der Waals surface area (Å²) in [7, 11) is 0. The van der Waals surface area contributed by atoms with Gasteiger partial charge in [-0.05, 0) is 103 Å². The van der Waals surface area contributed by atoms with Gasteiger partial charge in [-0.25, -0.2) is 0 Å². The van der Waals surface area contributed by atoms with E-state index < -0.39 is 0 Å². The zero-order chi connectivity index (χ0) is 28.9. The lowest BCUT2D eigenvalue weighted by atomic mass is 9.87. The third kappa shape index (κ3) is 5.92. The standard InChI is InChI=1S/C37H39N3O2S.ClH.H2O/c1-2-3-17-43-37-39-31-10-6-9-29-28-15-16-40(33(28)22-34(42-37)35(29)31)36(41)32-21-27-18-23(13-14-30(27)38-32)11-12-24-19-25-7-4-5-8-26(25)20-24;;/h4,6-7,9,13-14,18,20-22,31,37-39H,2-3,5,8,10-12,15-17,19H2,1H3;1H;1H2. The molecule has 45 heavy (non-hydrogen) atoms. The van der Waals surface area contributed by atoms with Gasteiger partial charge in [-0.3, -0.25) is 10.1 Å². The Balaban J connectivity index is 0.00000179. The Kier molecular flexibility index (Phi) is 9.34. The van der Waals surface area contributed by atoms with Gasteiger partial charge < -0.3 is 20.1 Å². The number of amides is 1. The van der Waals surface area contributed by atoms with E-state index in [0.29, 0.717) is 12.2 Å². The molecule has 0 spiro atoms. The van der Waals surface area contributed by atoms with Crippen LogP contribution < -0.4 is 15.0 Å². The molecule has 4 N–H and O–H groups in total. The SMILES string of the molecule is CCCCSC1NC2CC=Cc3c4c(cc(c32)O1)N(C(=O)c1cc2cc(CCC3=CC5=C(C=CCC5)C3)ccc2[nH]1)CC4.Cl.O. The first-order valence-electron chi connectivity index (χ1n) is 16.1. The van der Waals surface area contributed by atoms with Crippen LogP contribution >= 0.6 is 24.2 Å². The van der Waals surface area contributed by atoms with Gasteiger partial charge in [-0.15, -0.1) is 24.2 Å². The van der Waals surface area contributed by atoms with E-state index in [9.17, 15) is 4.79 Å². The van der Waals surface area contributed by atoms with Crippen molar-refractivity contribution in [1.82, 2.24) is 10.3 Å². The van der Waals surface area contributed by atoms with Crippen LogP contribution in [0.4, 0.5) is 5.69 Å². The Morgan fingerprint density at radius 1 is 1.09 bits per heavy atom. The van der Waals surface area contributed by atoms with Crippen molar-refractivity contribution < 1.29 is 15.0 Å². The number of nitrogens with zero attached hydrogens (tertiary/aromatic N) is 1. The Labute approximate surface area is 275 Å². The second kappa shape index (κ2) is 13.2. The number of carbonyl (C=O) groups is 1. The number of carbonyl (C=O) groups excluding carboxylic acids is 1. The average molecular weight is 644 g/mol. The van der Waals surface area contributed by atoms with Crippen molar-refractivity contribution in [2.45, 2.75) is 76.3 Å². The Morgan fingerprint density at radius 2 is 2.00 bits per heavy atom.